The van der Waals surface area contributed by atoms with E-state index in [0.717, 1.165) is 27.5 Å². The van der Waals surface area contributed by atoms with Crippen molar-refractivity contribution in [2.24, 2.45) is 0 Å². The van der Waals surface area contributed by atoms with Gasteiger partial charge in [0.25, 0.3) is 0 Å². The highest BCUT2D eigenvalue weighted by Gasteiger charge is 2.08. The van der Waals surface area contributed by atoms with Crippen LogP contribution >= 0.6 is 39.3 Å². The fraction of sp³-hybridized carbons (Fsp3) is 0.214. The Hall–Kier alpha value is -0.550. The Labute approximate surface area is 131 Å². The van der Waals surface area contributed by atoms with E-state index < -0.39 is 0 Å². The van der Waals surface area contributed by atoms with Gasteiger partial charge in [-0.2, -0.15) is 0 Å². The molecule has 0 amide bonds. The first-order valence-electron chi connectivity index (χ1n) is 5.98. The van der Waals surface area contributed by atoms with Crippen molar-refractivity contribution >= 4 is 39.3 Å². The number of rotatable bonds is 5. The van der Waals surface area contributed by atoms with Crippen LogP contribution in [0.15, 0.2) is 50.9 Å². The lowest BCUT2D eigenvalue weighted by Crippen LogP contribution is -2.12. The van der Waals surface area contributed by atoms with Crippen LogP contribution < -0.4 is 5.32 Å². The highest BCUT2D eigenvalue weighted by molar-refractivity contribution is 9.10. The van der Waals surface area contributed by atoms with Gasteiger partial charge in [0.2, 0.25) is 0 Å². The van der Waals surface area contributed by atoms with Gasteiger partial charge in [0.1, 0.15) is 5.03 Å². The Morgan fingerprint density at radius 3 is 2.95 bits per heavy atom. The average molecular weight is 358 g/mol. The van der Waals surface area contributed by atoms with Gasteiger partial charge in [-0.25, -0.2) is 4.98 Å². The second-order valence-corrected chi connectivity index (χ2v) is 6.28. The van der Waals surface area contributed by atoms with Gasteiger partial charge >= 0.3 is 0 Å². The van der Waals surface area contributed by atoms with Gasteiger partial charge in [0.15, 0.2) is 0 Å². The maximum absolute atomic E-state index is 6.16. The molecule has 2 aromatic rings. The van der Waals surface area contributed by atoms with Crippen molar-refractivity contribution in [3.63, 3.8) is 0 Å². The van der Waals surface area contributed by atoms with E-state index in [9.17, 15) is 0 Å². The van der Waals surface area contributed by atoms with Crippen molar-refractivity contribution in [2.75, 3.05) is 6.54 Å². The van der Waals surface area contributed by atoms with E-state index in [1.54, 1.807) is 18.0 Å². The van der Waals surface area contributed by atoms with Crippen molar-refractivity contribution in [1.82, 2.24) is 10.3 Å². The van der Waals surface area contributed by atoms with Gasteiger partial charge in [-0.15, -0.1) is 0 Å². The number of hydrogen-bond acceptors (Lipinski definition) is 3. The quantitative estimate of drug-likeness (QED) is 0.835. The van der Waals surface area contributed by atoms with Gasteiger partial charge in [0, 0.05) is 22.1 Å². The molecular formula is C14H14BrClN2S. The highest BCUT2D eigenvalue weighted by atomic mass is 79.9. The fourth-order valence-corrected chi connectivity index (χ4v) is 3.27. The number of hydrogen-bond donors (Lipinski definition) is 1. The van der Waals surface area contributed by atoms with Crippen LogP contribution in [0.3, 0.4) is 0 Å². The molecule has 0 aliphatic rings. The molecule has 0 aliphatic heterocycles. The summed E-state index contributed by atoms with van der Waals surface area (Å²) in [6.07, 6.45) is 1.76. The third kappa shape index (κ3) is 4.21. The van der Waals surface area contributed by atoms with Crippen molar-refractivity contribution < 1.29 is 0 Å². The molecule has 2 nitrogen and oxygen atoms in total. The Kier molecular flexibility index (Phi) is 5.70. The molecule has 0 saturated heterocycles. The van der Waals surface area contributed by atoms with E-state index in [4.69, 9.17) is 11.6 Å². The summed E-state index contributed by atoms with van der Waals surface area (Å²) in [5, 5.41) is 4.86. The molecule has 1 aromatic carbocycles. The van der Waals surface area contributed by atoms with Gasteiger partial charge < -0.3 is 5.32 Å². The zero-order valence-electron chi connectivity index (χ0n) is 10.5. The second kappa shape index (κ2) is 7.29. The predicted octanol–water partition coefficient (Wildman–Crippen LogP) is 4.76. The van der Waals surface area contributed by atoms with E-state index >= 15 is 0 Å². The topological polar surface area (TPSA) is 24.9 Å². The predicted molar refractivity (Wildman–Crippen MR) is 84.9 cm³/mol. The Bertz CT molecular complexity index is 563. The molecule has 19 heavy (non-hydrogen) atoms. The van der Waals surface area contributed by atoms with Crippen LogP contribution in [0.4, 0.5) is 0 Å². The summed E-state index contributed by atoms with van der Waals surface area (Å²) in [5.74, 6) is 0. The Morgan fingerprint density at radius 1 is 1.37 bits per heavy atom. The van der Waals surface area contributed by atoms with Crippen molar-refractivity contribution in [1.29, 1.82) is 0 Å². The van der Waals surface area contributed by atoms with E-state index in [1.165, 1.54) is 5.56 Å². The van der Waals surface area contributed by atoms with E-state index in [0.29, 0.717) is 5.02 Å². The fourth-order valence-electron chi connectivity index (χ4n) is 1.58. The zero-order chi connectivity index (χ0) is 13.7. The number of aromatic nitrogens is 1. The molecule has 0 aliphatic carbocycles. The highest BCUT2D eigenvalue weighted by Crippen LogP contribution is 2.34. The molecule has 2 rings (SSSR count). The van der Waals surface area contributed by atoms with E-state index in [-0.39, 0.29) is 0 Å². The van der Waals surface area contributed by atoms with Crippen LogP contribution in [-0.2, 0) is 6.54 Å². The summed E-state index contributed by atoms with van der Waals surface area (Å²) >= 11 is 11.3. The van der Waals surface area contributed by atoms with Crippen LogP contribution in [-0.4, -0.2) is 11.5 Å². The lowest BCUT2D eigenvalue weighted by molar-refractivity contribution is 0.717. The van der Waals surface area contributed by atoms with Crippen LogP contribution in [0.25, 0.3) is 0 Å². The van der Waals surface area contributed by atoms with E-state index in [1.807, 2.05) is 12.1 Å². The molecule has 0 fully saturated rings. The number of nitrogens with zero attached hydrogens (tertiary/aromatic N) is 1. The Morgan fingerprint density at radius 2 is 2.21 bits per heavy atom. The normalized spacial score (nSPS) is 10.7. The standard InChI is InChI=1S/C14H14BrClN2S/c1-2-17-9-10-5-6-11(15)8-13(10)19-14-12(16)4-3-7-18-14/h3-8,17H,2,9H2,1H3. The first-order valence-corrected chi connectivity index (χ1v) is 7.97. The van der Waals surface area contributed by atoms with Crippen LogP contribution in [0.1, 0.15) is 12.5 Å². The maximum Gasteiger partial charge on any atom is 0.119 e. The molecule has 5 heteroatoms. The molecule has 0 unspecified atom stereocenters. The average Bonchev–Trinajstić information content (AvgIpc) is 2.40. The van der Waals surface area contributed by atoms with Crippen molar-refractivity contribution in [3.8, 4) is 0 Å². The molecular weight excluding hydrogens is 344 g/mol. The summed E-state index contributed by atoms with van der Waals surface area (Å²) in [5.41, 5.74) is 1.25. The van der Waals surface area contributed by atoms with Gasteiger partial charge in [-0.3, -0.25) is 0 Å². The van der Waals surface area contributed by atoms with Crippen LogP contribution in [0, 0.1) is 0 Å². The minimum atomic E-state index is 0.682. The molecule has 1 aromatic heterocycles. The minimum absolute atomic E-state index is 0.682. The number of benzene rings is 1. The summed E-state index contributed by atoms with van der Waals surface area (Å²) in [6.45, 7) is 3.89. The largest absolute Gasteiger partial charge is 0.313 e. The number of nitrogens with one attached hydrogen (secondary N) is 1. The maximum atomic E-state index is 6.16. The molecule has 0 spiro atoms. The van der Waals surface area contributed by atoms with Gasteiger partial charge in [-0.05, 0) is 36.4 Å². The van der Waals surface area contributed by atoms with Crippen molar-refractivity contribution in [3.05, 3.63) is 51.6 Å². The van der Waals surface area contributed by atoms with Gasteiger partial charge in [-0.1, -0.05) is 52.3 Å². The summed E-state index contributed by atoms with van der Waals surface area (Å²) in [6, 6.07) is 9.97. The minimum Gasteiger partial charge on any atom is -0.313 e. The van der Waals surface area contributed by atoms with E-state index in [2.05, 4.69) is 51.4 Å². The monoisotopic (exact) mass is 356 g/mol. The molecule has 0 bridgehead atoms. The smallest absolute Gasteiger partial charge is 0.119 e. The number of pyridine rings is 1. The SMILES string of the molecule is CCNCc1ccc(Br)cc1Sc1ncccc1Cl. The third-order valence-corrected chi connectivity index (χ3v) is 4.55. The second-order valence-electron chi connectivity index (χ2n) is 3.92. The van der Waals surface area contributed by atoms with Crippen LogP contribution in [0.5, 0.6) is 0 Å². The Balaban J connectivity index is 2.27. The molecule has 100 valence electrons. The first-order chi connectivity index (χ1) is 9.20. The lowest BCUT2D eigenvalue weighted by atomic mass is 10.2. The lowest BCUT2D eigenvalue weighted by Gasteiger charge is -2.10. The summed E-state index contributed by atoms with van der Waals surface area (Å²) < 4.78 is 1.06. The van der Waals surface area contributed by atoms with Crippen molar-refractivity contribution in [2.45, 2.75) is 23.4 Å². The summed E-state index contributed by atoms with van der Waals surface area (Å²) in [7, 11) is 0. The van der Waals surface area contributed by atoms with Crippen LogP contribution in [0.2, 0.25) is 5.02 Å². The summed E-state index contributed by atoms with van der Waals surface area (Å²) in [4.78, 5) is 5.48. The number of halogens is 2. The molecule has 1 heterocycles. The molecule has 0 atom stereocenters. The zero-order valence-corrected chi connectivity index (χ0v) is 13.6. The first kappa shape index (κ1) is 14.9. The molecule has 0 saturated carbocycles. The third-order valence-electron chi connectivity index (χ3n) is 2.53. The molecule has 0 radical (unpaired) electrons. The molecule has 1 N–H and O–H groups in total. The van der Waals surface area contributed by atoms with Gasteiger partial charge in [0.05, 0.1) is 5.02 Å².